The van der Waals surface area contributed by atoms with E-state index in [2.05, 4.69) is 57.2 Å². The summed E-state index contributed by atoms with van der Waals surface area (Å²) >= 11 is 0. The van der Waals surface area contributed by atoms with Gasteiger partial charge in [-0.25, -0.2) is 0 Å². The predicted molar refractivity (Wildman–Crippen MR) is 104 cm³/mol. The lowest BCUT2D eigenvalue weighted by Crippen LogP contribution is -2.44. The number of hydrogen-bond acceptors (Lipinski definition) is 3. The van der Waals surface area contributed by atoms with Crippen LogP contribution in [-0.2, 0) is 24.9 Å². The van der Waals surface area contributed by atoms with Crippen LogP contribution in [0.15, 0.2) is 61.1 Å². The number of hydrogen-bond donors (Lipinski definition) is 0. The van der Waals surface area contributed by atoms with Crippen molar-refractivity contribution < 1.29 is 4.79 Å². The molecular formula is C21H25N5O. The van der Waals surface area contributed by atoms with E-state index in [0.29, 0.717) is 13.1 Å². The highest BCUT2D eigenvalue weighted by Gasteiger charge is 2.30. The van der Waals surface area contributed by atoms with Crippen LogP contribution >= 0.6 is 0 Å². The van der Waals surface area contributed by atoms with Gasteiger partial charge in [0.15, 0.2) is 0 Å². The van der Waals surface area contributed by atoms with Crippen LogP contribution < -0.4 is 0 Å². The molecule has 1 aliphatic rings. The van der Waals surface area contributed by atoms with Gasteiger partial charge in [-0.1, -0.05) is 30.3 Å². The van der Waals surface area contributed by atoms with Crippen molar-refractivity contribution >= 4 is 5.91 Å². The standard InChI is InChI=1S/C21H25N5O/c1-23(14-17-13-22-24(2)15-17)20(27)16-26-12-11-25-10-6-9-19(25)21(26)18-7-4-3-5-8-18/h3-10,13,15,21H,11-12,14,16H2,1-2H3. The summed E-state index contributed by atoms with van der Waals surface area (Å²) in [5.74, 6) is 0.125. The second-order valence-electron chi connectivity index (χ2n) is 7.18. The minimum Gasteiger partial charge on any atom is -0.348 e. The quantitative estimate of drug-likeness (QED) is 0.699. The summed E-state index contributed by atoms with van der Waals surface area (Å²) in [6.45, 7) is 2.74. The lowest BCUT2D eigenvalue weighted by molar-refractivity contribution is -0.132. The molecule has 1 aliphatic heterocycles. The van der Waals surface area contributed by atoms with Crippen LogP contribution in [-0.4, -0.2) is 50.2 Å². The molecule has 6 heteroatoms. The monoisotopic (exact) mass is 363 g/mol. The maximum absolute atomic E-state index is 12.9. The average molecular weight is 363 g/mol. The first kappa shape index (κ1) is 17.5. The van der Waals surface area contributed by atoms with Gasteiger partial charge in [0.25, 0.3) is 0 Å². The Balaban J connectivity index is 1.52. The number of benzene rings is 1. The van der Waals surface area contributed by atoms with Crippen LogP contribution in [0.2, 0.25) is 0 Å². The van der Waals surface area contributed by atoms with E-state index in [-0.39, 0.29) is 11.9 Å². The zero-order valence-corrected chi connectivity index (χ0v) is 15.8. The van der Waals surface area contributed by atoms with Crippen molar-refractivity contribution in [2.75, 3.05) is 20.1 Å². The summed E-state index contributed by atoms with van der Waals surface area (Å²) in [5, 5.41) is 4.18. The third-order valence-corrected chi connectivity index (χ3v) is 5.20. The molecule has 0 saturated heterocycles. The molecule has 0 fully saturated rings. The predicted octanol–water partition coefficient (Wildman–Crippen LogP) is 2.29. The van der Waals surface area contributed by atoms with Gasteiger partial charge in [-0.2, -0.15) is 5.10 Å². The maximum atomic E-state index is 12.9. The first-order chi connectivity index (χ1) is 13.1. The summed E-state index contributed by atoms with van der Waals surface area (Å²) in [5.41, 5.74) is 3.51. The number of carbonyl (C=O) groups is 1. The number of carbonyl (C=O) groups excluding carboxylic acids is 1. The fourth-order valence-corrected chi connectivity index (χ4v) is 3.83. The normalized spacial score (nSPS) is 16.9. The smallest absolute Gasteiger partial charge is 0.236 e. The van der Waals surface area contributed by atoms with Gasteiger partial charge in [0.1, 0.15) is 0 Å². The number of likely N-dealkylation sites (N-methyl/N-ethyl adjacent to an activating group) is 1. The van der Waals surface area contributed by atoms with E-state index in [1.54, 1.807) is 9.58 Å². The molecule has 0 aliphatic carbocycles. The molecule has 1 amide bonds. The van der Waals surface area contributed by atoms with Gasteiger partial charge in [0.05, 0.1) is 18.8 Å². The molecule has 0 saturated carbocycles. The van der Waals surface area contributed by atoms with Crippen molar-refractivity contribution in [2.45, 2.75) is 19.1 Å². The molecule has 0 spiro atoms. The van der Waals surface area contributed by atoms with E-state index in [9.17, 15) is 4.79 Å². The molecule has 6 nitrogen and oxygen atoms in total. The molecule has 140 valence electrons. The Labute approximate surface area is 159 Å². The highest BCUT2D eigenvalue weighted by atomic mass is 16.2. The largest absolute Gasteiger partial charge is 0.348 e. The van der Waals surface area contributed by atoms with Crippen LogP contribution in [0.1, 0.15) is 22.9 Å². The van der Waals surface area contributed by atoms with Crippen molar-refractivity contribution in [1.82, 2.24) is 24.1 Å². The lowest BCUT2D eigenvalue weighted by Gasteiger charge is -2.37. The second-order valence-corrected chi connectivity index (χ2v) is 7.18. The van der Waals surface area contributed by atoms with Crippen molar-refractivity contribution in [3.05, 3.63) is 77.9 Å². The summed E-state index contributed by atoms with van der Waals surface area (Å²) in [6, 6.07) is 14.8. The zero-order valence-electron chi connectivity index (χ0n) is 15.8. The summed E-state index contributed by atoms with van der Waals surface area (Å²) in [7, 11) is 3.75. The molecule has 0 N–H and O–H groups in total. The van der Waals surface area contributed by atoms with Crippen LogP contribution in [0.25, 0.3) is 0 Å². The number of aryl methyl sites for hydroxylation is 1. The second kappa shape index (κ2) is 7.40. The van der Waals surface area contributed by atoms with Gasteiger partial charge in [0, 0.05) is 57.4 Å². The Morgan fingerprint density at radius 1 is 1.19 bits per heavy atom. The van der Waals surface area contributed by atoms with Gasteiger partial charge < -0.3 is 9.47 Å². The highest BCUT2D eigenvalue weighted by molar-refractivity contribution is 5.78. The van der Waals surface area contributed by atoms with Crippen LogP contribution in [0.5, 0.6) is 0 Å². The first-order valence-electron chi connectivity index (χ1n) is 9.27. The van der Waals surface area contributed by atoms with E-state index in [1.807, 2.05) is 32.6 Å². The van der Waals surface area contributed by atoms with E-state index < -0.39 is 0 Å². The van der Waals surface area contributed by atoms with Gasteiger partial charge in [-0.3, -0.25) is 14.4 Å². The Hall–Kier alpha value is -2.86. The Morgan fingerprint density at radius 3 is 2.74 bits per heavy atom. The SMILES string of the molecule is CN(Cc1cnn(C)c1)C(=O)CN1CCn2cccc2C1c1ccccc1. The third kappa shape index (κ3) is 3.66. The van der Waals surface area contributed by atoms with E-state index >= 15 is 0 Å². The van der Waals surface area contributed by atoms with Gasteiger partial charge in [0.2, 0.25) is 5.91 Å². The van der Waals surface area contributed by atoms with E-state index in [4.69, 9.17) is 0 Å². The van der Waals surface area contributed by atoms with Crippen molar-refractivity contribution in [3.63, 3.8) is 0 Å². The van der Waals surface area contributed by atoms with Gasteiger partial charge in [-0.05, 0) is 17.7 Å². The molecule has 1 atom stereocenters. The summed E-state index contributed by atoms with van der Waals surface area (Å²) < 4.78 is 4.05. The molecule has 3 heterocycles. The topological polar surface area (TPSA) is 46.3 Å². The minimum absolute atomic E-state index is 0.102. The van der Waals surface area contributed by atoms with E-state index in [0.717, 1.165) is 18.7 Å². The summed E-state index contributed by atoms with van der Waals surface area (Å²) in [6.07, 6.45) is 5.88. The molecule has 3 aromatic rings. The van der Waals surface area contributed by atoms with Gasteiger partial charge >= 0.3 is 0 Å². The lowest BCUT2D eigenvalue weighted by atomic mass is 10.00. The molecule has 27 heavy (non-hydrogen) atoms. The molecular weight excluding hydrogens is 338 g/mol. The zero-order chi connectivity index (χ0) is 18.8. The molecule has 2 aromatic heterocycles. The number of nitrogens with zero attached hydrogens (tertiary/aromatic N) is 5. The molecule has 1 aromatic carbocycles. The van der Waals surface area contributed by atoms with Crippen molar-refractivity contribution in [2.24, 2.45) is 7.05 Å². The highest BCUT2D eigenvalue weighted by Crippen LogP contribution is 2.32. The minimum atomic E-state index is 0.102. The maximum Gasteiger partial charge on any atom is 0.236 e. The molecule has 1 unspecified atom stereocenters. The van der Waals surface area contributed by atoms with Crippen molar-refractivity contribution in [1.29, 1.82) is 0 Å². The van der Waals surface area contributed by atoms with E-state index in [1.165, 1.54) is 11.3 Å². The number of rotatable bonds is 5. The first-order valence-corrected chi connectivity index (χ1v) is 9.27. The summed E-state index contributed by atoms with van der Waals surface area (Å²) in [4.78, 5) is 17.0. The van der Waals surface area contributed by atoms with Crippen LogP contribution in [0, 0.1) is 0 Å². The fourth-order valence-electron chi connectivity index (χ4n) is 3.83. The van der Waals surface area contributed by atoms with Crippen LogP contribution in [0.4, 0.5) is 0 Å². The van der Waals surface area contributed by atoms with Crippen LogP contribution in [0.3, 0.4) is 0 Å². The van der Waals surface area contributed by atoms with Crippen molar-refractivity contribution in [3.8, 4) is 0 Å². The Bertz CT molecular complexity index is 914. The fraction of sp³-hybridized carbons (Fsp3) is 0.333. The number of fused-ring (bicyclic) bond motifs is 1. The molecule has 0 bridgehead atoms. The Kier molecular flexibility index (Phi) is 4.81. The number of aromatic nitrogens is 3. The third-order valence-electron chi connectivity index (χ3n) is 5.20. The Morgan fingerprint density at radius 2 is 2.00 bits per heavy atom. The number of amides is 1. The molecule has 4 rings (SSSR count). The van der Waals surface area contributed by atoms with Gasteiger partial charge in [-0.15, -0.1) is 0 Å². The average Bonchev–Trinajstić information content (AvgIpc) is 3.31. The molecule has 0 radical (unpaired) electrons.